The van der Waals surface area contributed by atoms with Crippen molar-refractivity contribution in [3.63, 3.8) is 0 Å². The summed E-state index contributed by atoms with van der Waals surface area (Å²) < 4.78 is 5.72. The van der Waals surface area contributed by atoms with Crippen LogP contribution in [0.1, 0.15) is 5.56 Å². The van der Waals surface area contributed by atoms with Crippen molar-refractivity contribution >= 4 is 23.0 Å². The Morgan fingerprint density at radius 1 is 1.21 bits per heavy atom. The topological polar surface area (TPSA) is 71.1 Å². The molecule has 0 unspecified atom stereocenters. The first-order valence-electron chi connectivity index (χ1n) is 5.52. The van der Waals surface area contributed by atoms with E-state index in [1.807, 2.05) is 18.2 Å². The third-order valence-electron chi connectivity index (χ3n) is 2.34. The predicted molar refractivity (Wildman–Crippen MR) is 78.1 cm³/mol. The van der Waals surface area contributed by atoms with Gasteiger partial charge in [0.25, 0.3) is 0 Å². The van der Waals surface area contributed by atoms with Gasteiger partial charge in [-0.15, -0.1) is 0 Å². The zero-order chi connectivity index (χ0) is 13.7. The number of nitrogens with zero attached hydrogens (tertiary/aromatic N) is 1. The van der Waals surface area contributed by atoms with Crippen LogP contribution in [0.3, 0.4) is 0 Å². The van der Waals surface area contributed by atoms with Crippen LogP contribution in [0.4, 0.5) is 5.69 Å². The molecule has 94 valence electrons. The molecule has 0 bridgehead atoms. The van der Waals surface area contributed by atoms with Crippen LogP contribution in [0.25, 0.3) is 0 Å². The van der Waals surface area contributed by atoms with Crippen molar-refractivity contribution in [2.45, 2.75) is 0 Å². The lowest BCUT2D eigenvalue weighted by atomic mass is 10.2. The molecule has 2 aromatic carbocycles. The van der Waals surface area contributed by atoms with Crippen molar-refractivity contribution in [1.82, 2.24) is 0 Å². The highest BCUT2D eigenvalue weighted by Crippen LogP contribution is 2.29. The van der Waals surface area contributed by atoms with Crippen LogP contribution in [-0.2, 0) is 0 Å². The van der Waals surface area contributed by atoms with E-state index in [1.54, 1.807) is 30.3 Å². The van der Waals surface area contributed by atoms with Crippen molar-refractivity contribution in [2.24, 2.45) is 5.73 Å². The normalized spacial score (nSPS) is 9.42. The SMILES string of the molecule is N#Cc1cccc(Oc2ccccc2NC(N)=S)c1. The largest absolute Gasteiger partial charge is 0.455 e. The molecule has 0 amide bonds. The Morgan fingerprint density at radius 3 is 2.74 bits per heavy atom. The maximum atomic E-state index is 8.85. The summed E-state index contributed by atoms with van der Waals surface area (Å²) in [5, 5.41) is 11.9. The van der Waals surface area contributed by atoms with Crippen molar-refractivity contribution in [3.8, 4) is 17.6 Å². The van der Waals surface area contributed by atoms with Gasteiger partial charge < -0.3 is 15.8 Å². The highest BCUT2D eigenvalue weighted by Gasteiger charge is 2.05. The summed E-state index contributed by atoms with van der Waals surface area (Å²) in [5.74, 6) is 1.17. The fraction of sp³-hybridized carbons (Fsp3) is 0. The van der Waals surface area contributed by atoms with Gasteiger partial charge in [0, 0.05) is 0 Å². The molecular formula is C14H11N3OS. The first kappa shape index (κ1) is 12.9. The van der Waals surface area contributed by atoms with Crippen LogP contribution in [0.15, 0.2) is 48.5 Å². The Bertz CT molecular complexity index is 649. The van der Waals surface area contributed by atoms with Crippen LogP contribution in [0, 0.1) is 11.3 Å². The Balaban J connectivity index is 2.27. The number of nitrogens with one attached hydrogen (secondary N) is 1. The van der Waals surface area contributed by atoms with Gasteiger partial charge in [0.05, 0.1) is 17.3 Å². The van der Waals surface area contributed by atoms with Gasteiger partial charge in [-0.05, 0) is 42.5 Å². The molecule has 2 aromatic rings. The highest BCUT2D eigenvalue weighted by molar-refractivity contribution is 7.80. The van der Waals surface area contributed by atoms with E-state index in [0.717, 1.165) is 0 Å². The molecule has 0 spiro atoms. The maximum Gasteiger partial charge on any atom is 0.168 e. The minimum atomic E-state index is 0.168. The Hall–Kier alpha value is -2.58. The minimum Gasteiger partial charge on any atom is -0.455 e. The molecule has 5 heteroatoms. The molecule has 0 radical (unpaired) electrons. The summed E-state index contributed by atoms with van der Waals surface area (Å²) in [7, 11) is 0. The van der Waals surface area contributed by atoms with Gasteiger partial charge in [-0.1, -0.05) is 18.2 Å². The third kappa shape index (κ3) is 3.44. The summed E-state index contributed by atoms with van der Waals surface area (Å²) in [6.45, 7) is 0. The number of ether oxygens (including phenoxy) is 1. The fourth-order valence-electron chi connectivity index (χ4n) is 1.55. The number of benzene rings is 2. The average Bonchev–Trinajstić information content (AvgIpc) is 2.41. The number of rotatable bonds is 3. The molecule has 2 rings (SSSR count). The smallest absolute Gasteiger partial charge is 0.168 e. The summed E-state index contributed by atoms with van der Waals surface area (Å²) in [6.07, 6.45) is 0. The van der Waals surface area contributed by atoms with Crippen molar-refractivity contribution in [2.75, 3.05) is 5.32 Å². The van der Waals surface area contributed by atoms with Gasteiger partial charge in [-0.3, -0.25) is 0 Å². The number of nitrogens with two attached hydrogens (primary N) is 1. The molecule has 0 heterocycles. The van der Waals surface area contributed by atoms with Crippen molar-refractivity contribution in [3.05, 3.63) is 54.1 Å². The Kier molecular flexibility index (Phi) is 3.96. The van der Waals surface area contributed by atoms with E-state index in [-0.39, 0.29) is 5.11 Å². The third-order valence-corrected chi connectivity index (χ3v) is 2.44. The van der Waals surface area contributed by atoms with E-state index in [4.69, 9.17) is 28.0 Å². The fourth-order valence-corrected chi connectivity index (χ4v) is 1.66. The number of hydrogen-bond acceptors (Lipinski definition) is 3. The maximum absolute atomic E-state index is 8.85. The average molecular weight is 269 g/mol. The zero-order valence-corrected chi connectivity index (χ0v) is 10.8. The van der Waals surface area contributed by atoms with E-state index < -0.39 is 0 Å². The molecule has 0 aromatic heterocycles. The summed E-state index contributed by atoms with van der Waals surface area (Å²) in [5.41, 5.74) is 6.67. The first-order chi connectivity index (χ1) is 9.19. The number of anilines is 1. The second kappa shape index (κ2) is 5.85. The number of hydrogen-bond donors (Lipinski definition) is 2. The molecular weight excluding hydrogens is 258 g/mol. The summed E-state index contributed by atoms with van der Waals surface area (Å²) >= 11 is 4.81. The summed E-state index contributed by atoms with van der Waals surface area (Å²) in [6, 6.07) is 16.3. The van der Waals surface area contributed by atoms with E-state index in [1.165, 1.54) is 0 Å². The van der Waals surface area contributed by atoms with Gasteiger partial charge in [0.2, 0.25) is 0 Å². The van der Waals surface area contributed by atoms with Crippen LogP contribution in [-0.4, -0.2) is 5.11 Å². The minimum absolute atomic E-state index is 0.168. The Labute approximate surface area is 116 Å². The lowest BCUT2D eigenvalue weighted by Crippen LogP contribution is -2.19. The van der Waals surface area contributed by atoms with E-state index in [0.29, 0.717) is 22.7 Å². The number of nitriles is 1. The zero-order valence-electron chi connectivity index (χ0n) is 9.96. The molecule has 0 atom stereocenters. The molecule has 0 fully saturated rings. The standard InChI is InChI=1S/C14H11N3OS/c15-9-10-4-3-5-11(8-10)18-13-7-2-1-6-12(13)17-14(16)19/h1-8H,(H3,16,17,19). The monoisotopic (exact) mass is 269 g/mol. The van der Waals surface area contributed by atoms with Gasteiger partial charge in [0.1, 0.15) is 5.75 Å². The van der Waals surface area contributed by atoms with E-state index in [9.17, 15) is 0 Å². The van der Waals surface area contributed by atoms with Gasteiger partial charge >= 0.3 is 0 Å². The lowest BCUT2D eigenvalue weighted by Gasteiger charge is -2.11. The molecule has 0 saturated carbocycles. The number of thiocarbonyl (C=S) groups is 1. The molecule has 0 aliphatic heterocycles. The quantitative estimate of drug-likeness (QED) is 0.838. The van der Waals surface area contributed by atoms with Crippen LogP contribution >= 0.6 is 12.2 Å². The molecule has 19 heavy (non-hydrogen) atoms. The molecule has 3 N–H and O–H groups in total. The lowest BCUT2D eigenvalue weighted by molar-refractivity contribution is 0.485. The molecule has 0 aliphatic carbocycles. The van der Waals surface area contributed by atoms with Gasteiger partial charge in [0.15, 0.2) is 10.9 Å². The van der Waals surface area contributed by atoms with Crippen LogP contribution in [0.2, 0.25) is 0 Å². The highest BCUT2D eigenvalue weighted by atomic mass is 32.1. The molecule has 0 saturated heterocycles. The van der Waals surface area contributed by atoms with Crippen molar-refractivity contribution < 1.29 is 4.74 Å². The second-order valence-corrected chi connectivity index (χ2v) is 4.17. The first-order valence-corrected chi connectivity index (χ1v) is 5.93. The predicted octanol–water partition coefficient (Wildman–Crippen LogP) is 3.01. The number of para-hydroxylation sites is 2. The van der Waals surface area contributed by atoms with E-state index >= 15 is 0 Å². The molecule has 0 aliphatic rings. The van der Waals surface area contributed by atoms with E-state index in [2.05, 4.69) is 11.4 Å². The van der Waals surface area contributed by atoms with Gasteiger partial charge in [-0.25, -0.2) is 0 Å². The summed E-state index contributed by atoms with van der Waals surface area (Å²) in [4.78, 5) is 0. The van der Waals surface area contributed by atoms with Crippen LogP contribution in [0.5, 0.6) is 11.5 Å². The van der Waals surface area contributed by atoms with Crippen molar-refractivity contribution in [1.29, 1.82) is 5.26 Å². The van der Waals surface area contributed by atoms with Gasteiger partial charge in [-0.2, -0.15) is 5.26 Å². The van der Waals surface area contributed by atoms with Crippen LogP contribution < -0.4 is 15.8 Å². The Morgan fingerprint density at radius 2 is 2.00 bits per heavy atom. The molecule has 4 nitrogen and oxygen atoms in total. The second-order valence-electron chi connectivity index (χ2n) is 3.73.